The maximum absolute atomic E-state index is 10.0. The van der Waals surface area contributed by atoms with Gasteiger partial charge in [-0.25, -0.2) is 9.79 Å². The number of rotatable bonds is 3. The second kappa shape index (κ2) is 4.81. The van der Waals surface area contributed by atoms with Crippen molar-refractivity contribution in [1.29, 1.82) is 0 Å². The van der Waals surface area contributed by atoms with Gasteiger partial charge in [0.2, 0.25) is 6.08 Å². The van der Waals surface area contributed by atoms with Crippen LogP contribution in [0.25, 0.3) is 0 Å². The van der Waals surface area contributed by atoms with Gasteiger partial charge in [0.05, 0.1) is 6.54 Å². The van der Waals surface area contributed by atoms with Gasteiger partial charge in [-0.1, -0.05) is 0 Å². The lowest BCUT2D eigenvalue weighted by Crippen LogP contribution is -2.17. The third-order valence-corrected chi connectivity index (χ3v) is 2.85. The highest BCUT2D eigenvalue weighted by Gasteiger charge is 2.13. The molecule has 0 spiro atoms. The van der Waals surface area contributed by atoms with E-state index in [1.54, 1.807) is 6.07 Å². The summed E-state index contributed by atoms with van der Waals surface area (Å²) in [5.74, 6) is 0.182. The Hall–Kier alpha value is -1.80. The molecule has 16 heavy (non-hydrogen) atoms. The van der Waals surface area contributed by atoms with Crippen molar-refractivity contribution < 1.29 is 9.90 Å². The molecule has 1 aliphatic rings. The molecule has 0 saturated carbocycles. The molecule has 0 radical (unpaired) electrons. The molecule has 1 fully saturated rings. The first-order chi connectivity index (χ1) is 7.81. The van der Waals surface area contributed by atoms with Gasteiger partial charge in [-0.3, -0.25) is 0 Å². The van der Waals surface area contributed by atoms with E-state index in [1.807, 2.05) is 12.1 Å². The Morgan fingerprint density at radius 3 is 2.81 bits per heavy atom. The van der Waals surface area contributed by atoms with Crippen LogP contribution in [0.3, 0.4) is 0 Å². The van der Waals surface area contributed by atoms with Crippen LogP contribution in [0.1, 0.15) is 18.4 Å². The highest BCUT2D eigenvalue weighted by atomic mass is 16.3. The number of aliphatic imine (C=N–C) groups is 1. The molecule has 1 aliphatic heterocycles. The smallest absolute Gasteiger partial charge is 0.235 e. The number of isocyanates is 1. The number of hydrogen-bond donors (Lipinski definition) is 1. The SMILES string of the molecule is O=C=NCc1cc(N2CCCC2)ccc1O. The van der Waals surface area contributed by atoms with Gasteiger partial charge in [0, 0.05) is 24.3 Å². The van der Waals surface area contributed by atoms with Crippen LogP contribution in [0, 0.1) is 0 Å². The van der Waals surface area contributed by atoms with Crippen LogP contribution in [0.4, 0.5) is 5.69 Å². The minimum atomic E-state index is 0.182. The molecule has 1 aromatic rings. The number of anilines is 1. The van der Waals surface area contributed by atoms with E-state index in [2.05, 4.69) is 9.89 Å². The molecule has 1 heterocycles. The fraction of sp³-hybridized carbons (Fsp3) is 0.417. The third-order valence-electron chi connectivity index (χ3n) is 2.85. The van der Waals surface area contributed by atoms with Gasteiger partial charge in [0.1, 0.15) is 5.75 Å². The van der Waals surface area contributed by atoms with Crippen LogP contribution in [-0.2, 0) is 11.3 Å². The minimum absolute atomic E-state index is 0.182. The summed E-state index contributed by atoms with van der Waals surface area (Å²) in [5.41, 5.74) is 1.76. The number of benzene rings is 1. The van der Waals surface area contributed by atoms with Crippen molar-refractivity contribution in [3.8, 4) is 5.75 Å². The maximum atomic E-state index is 10.0. The zero-order valence-electron chi connectivity index (χ0n) is 9.02. The molecule has 1 saturated heterocycles. The summed E-state index contributed by atoms with van der Waals surface area (Å²) in [7, 11) is 0. The molecule has 0 atom stereocenters. The molecule has 0 bridgehead atoms. The summed E-state index contributed by atoms with van der Waals surface area (Å²) in [4.78, 5) is 15.8. The van der Waals surface area contributed by atoms with Crippen LogP contribution in [0.5, 0.6) is 5.75 Å². The van der Waals surface area contributed by atoms with E-state index in [0.29, 0.717) is 5.56 Å². The number of phenolic OH excluding ortho intramolecular Hbond substituents is 1. The Balaban J connectivity index is 2.23. The molecule has 84 valence electrons. The van der Waals surface area contributed by atoms with Gasteiger partial charge in [-0.2, -0.15) is 0 Å². The molecule has 0 unspecified atom stereocenters. The molecule has 0 aliphatic carbocycles. The molecule has 0 amide bonds. The monoisotopic (exact) mass is 218 g/mol. The predicted molar refractivity (Wildman–Crippen MR) is 61.4 cm³/mol. The van der Waals surface area contributed by atoms with E-state index in [1.165, 1.54) is 18.9 Å². The largest absolute Gasteiger partial charge is 0.508 e. The molecular weight excluding hydrogens is 204 g/mol. The van der Waals surface area contributed by atoms with Crippen molar-refractivity contribution >= 4 is 11.8 Å². The Kier molecular flexibility index (Phi) is 3.22. The Morgan fingerprint density at radius 1 is 1.38 bits per heavy atom. The van der Waals surface area contributed by atoms with Gasteiger partial charge >= 0.3 is 0 Å². The summed E-state index contributed by atoms with van der Waals surface area (Å²) < 4.78 is 0. The first-order valence-corrected chi connectivity index (χ1v) is 5.42. The molecular formula is C12H14N2O2. The Morgan fingerprint density at radius 2 is 2.12 bits per heavy atom. The molecule has 1 N–H and O–H groups in total. The van der Waals surface area contributed by atoms with Gasteiger partial charge in [-0.15, -0.1) is 0 Å². The third kappa shape index (κ3) is 2.23. The van der Waals surface area contributed by atoms with Crippen molar-refractivity contribution in [1.82, 2.24) is 0 Å². The minimum Gasteiger partial charge on any atom is -0.508 e. The van der Waals surface area contributed by atoms with Crippen molar-refractivity contribution in [2.75, 3.05) is 18.0 Å². The summed E-state index contributed by atoms with van der Waals surface area (Å²) in [5, 5.41) is 9.60. The van der Waals surface area contributed by atoms with Crippen LogP contribution in [-0.4, -0.2) is 24.3 Å². The second-order valence-electron chi connectivity index (χ2n) is 3.91. The van der Waals surface area contributed by atoms with Crippen LogP contribution >= 0.6 is 0 Å². The average molecular weight is 218 g/mol. The molecule has 4 heteroatoms. The van der Waals surface area contributed by atoms with Crippen molar-refractivity contribution in [2.24, 2.45) is 4.99 Å². The van der Waals surface area contributed by atoms with E-state index in [4.69, 9.17) is 0 Å². The topological polar surface area (TPSA) is 52.9 Å². The Bertz CT molecular complexity index is 419. The number of nitrogens with zero attached hydrogens (tertiary/aromatic N) is 2. The van der Waals surface area contributed by atoms with E-state index < -0.39 is 0 Å². The highest BCUT2D eigenvalue weighted by Crippen LogP contribution is 2.26. The average Bonchev–Trinajstić information content (AvgIpc) is 2.81. The molecule has 1 aromatic carbocycles. The van der Waals surface area contributed by atoms with E-state index in [9.17, 15) is 9.90 Å². The van der Waals surface area contributed by atoms with Crippen LogP contribution < -0.4 is 4.90 Å². The fourth-order valence-corrected chi connectivity index (χ4v) is 1.99. The first kappa shape index (κ1) is 10.7. The lowest BCUT2D eigenvalue weighted by Gasteiger charge is -2.18. The molecule has 0 aromatic heterocycles. The molecule has 2 rings (SSSR count). The normalized spacial score (nSPS) is 14.9. The van der Waals surface area contributed by atoms with Gasteiger partial charge in [0.25, 0.3) is 0 Å². The number of phenols is 1. The summed E-state index contributed by atoms with van der Waals surface area (Å²) in [6.07, 6.45) is 3.90. The maximum Gasteiger partial charge on any atom is 0.235 e. The van der Waals surface area contributed by atoms with Crippen molar-refractivity contribution in [3.05, 3.63) is 23.8 Å². The Labute approximate surface area is 94.2 Å². The fourth-order valence-electron chi connectivity index (χ4n) is 1.99. The van der Waals surface area contributed by atoms with Crippen molar-refractivity contribution in [2.45, 2.75) is 19.4 Å². The summed E-state index contributed by atoms with van der Waals surface area (Å²) >= 11 is 0. The van der Waals surface area contributed by atoms with Gasteiger partial charge in [0.15, 0.2) is 0 Å². The van der Waals surface area contributed by atoms with E-state index in [-0.39, 0.29) is 12.3 Å². The van der Waals surface area contributed by atoms with Crippen LogP contribution in [0.2, 0.25) is 0 Å². The lowest BCUT2D eigenvalue weighted by molar-refractivity contribution is 0.468. The number of hydrogen-bond acceptors (Lipinski definition) is 4. The number of aromatic hydroxyl groups is 1. The zero-order chi connectivity index (χ0) is 11.4. The summed E-state index contributed by atoms with van der Waals surface area (Å²) in [6, 6.07) is 5.44. The molecule has 4 nitrogen and oxygen atoms in total. The van der Waals surface area contributed by atoms with Gasteiger partial charge in [-0.05, 0) is 31.0 Å². The summed E-state index contributed by atoms with van der Waals surface area (Å²) in [6.45, 7) is 2.30. The standard InChI is InChI=1S/C12H14N2O2/c15-9-13-8-10-7-11(3-4-12(10)16)14-5-1-2-6-14/h3-4,7,16H,1-2,5-6,8H2. The first-order valence-electron chi connectivity index (χ1n) is 5.42. The van der Waals surface area contributed by atoms with Crippen molar-refractivity contribution in [3.63, 3.8) is 0 Å². The zero-order valence-corrected chi connectivity index (χ0v) is 9.02. The second-order valence-corrected chi connectivity index (χ2v) is 3.91. The lowest BCUT2D eigenvalue weighted by atomic mass is 10.1. The van der Waals surface area contributed by atoms with E-state index >= 15 is 0 Å². The quantitative estimate of drug-likeness (QED) is 0.622. The predicted octanol–water partition coefficient (Wildman–Crippen LogP) is 1.83. The highest BCUT2D eigenvalue weighted by molar-refractivity contribution is 5.53. The van der Waals surface area contributed by atoms with Crippen LogP contribution in [0.15, 0.2) is 23.2 Å². The van der Waals surface area contributed by atoms with E-state index in [0.717, 1.165) is 18.8 Å². The number of carbonyl (C=O) groups excluding carboxylic acids is 1. The van der Waals surface area contributed by atoms with Gasteiger partial charge < -0.3 is 10.0 Å².